The van der Waals surface area contributed by atoms with Crippen molar-refractivity contribution in [3.05, 3.63) is 42.2 Å². The highest BCUT2D eigenvalue weighted by Gasteiger charge is 2.38. The standard InChI is InChI=1S/C21H30N4O4/c1-24(14-17-5-6-18(28-3)19(13-17)29-12-11-27-2)15-21(26)7-10-25(16-21)20-22-8-4-9-23-20/h4-6,8-9,13,26H,7,10-12,14-16H2,1-3H3. The summed E-state index contributed by atoms with van der Waals surface area (Å²) in [5, 5.41) is 11.1. The van der Waals surface area contributed by atoms with E-state index in [1.165, 1.54) is 0 Å². The van der Waals surface area contributed by atoms with E-state index in [2.05, 4.69) is 14.9 Å². The largest absolute Gasteiger partial charge is 0.493 e. The molecule has 0 bridgehead atoms. The lowest BCUT2D eigenvalue weighted by Crippen LogP contribution is -2.43. The van der Waals surface area contributed by atoms with Crippen LogP contribution in [0.3, 0.4) is 0 Å². The normalized spacial score (nSPS) is 19.0. The van der Waals surface area contributed by atoms with Crippen LogP contribution in [-0.2, 0) is 11.3 Å². The van der Waals surface area contributed by atoms with Crippen LogP contribution in [0, 0.1) is 0 Å². The minimum absolute atomic E-state index is 0.462. The van der Waals surface area contributed by atoms with Gasteiger partial charge in [0.25, 0.3) is 0 Å². The monoisotopic (exact) mass is 402 g/mol. The van der Waals surface area contributed by atoms with Crippen molar-refractivity contribution in [3.63, 3.8) is 0 Å². The summed E-state index contributed by atoms with van der Waals surface area (Å²) in [6.45, 7) is 3.49. The zero-order valence-electron chi connectivity index (χ0n) is 17.4. The van der Waals surface area contributed by atoms with E-state index in [-0.39, 0.29) is 0 Å². The maximum absolute atomic E-state index is 11.1. The number of likely N-dealkylation sites (N-methyl/N-ethyl adjacent to an activating group) is 1. The van der Waals surface area contributed by atoms with Crippen LogP contribution in [0.1, 0.15) is 12.0 Å². The Hall–Kier alpha value is -2.42. The smallest absolute Gasteiger partial charge is 0.225 e. The van der Waals surface area contributed by atoms with Crippen molar-refractivity contribution < 1.29 is 19.3 Å². The molecule has 0 saturated carbocycles. The number of methoxy groups -OCH3 is 2. The number of rotatable bonds is 10. The lowest BCUT2D eigenvalue weighted by molar-refractivity contribution is 0.0279. The van der Waals surface area contributed by atoms with E-state index in [9.17, 15) is 5.11 Å². The molecule has 29 heavy (non-hydrogen) atoms. The van der Waals surface area contributed by atoms with Crippen molar-refractivity contribution in [1.82, 2.24) is 14.9 Å². The molecule has 1 aromatic heterocycles. The first kappa shape index (κ1) is 21.3. The second-order valence-corrected chi connectivity index (χ2v) is 7.44. The maximum atomic E-state index is 11.1. The highest BCUT2D eigenvalue weighted by molar-refractivity contribution is 5.43. The van der Waals surface area contributed by atoms with E-state index in [0.717, 1.165) is 12.1 Å². The van der Waals surface area contributed by atoms with Crippen LogP contribution >= 0.6 is 0 Å². The van der Waals surface area contributed by atoms with Crippen LogP contribution in [0.15, 0.2) is 36.7 Å². The number of β-amino-alcohol motifs (C(OH)–C–C–N with tert-alkyl or cyclic N) is 1. The predicted octanol–water partition coefficient (Wildman–Crippen LogP) is 1.58. The molecule has 1 saturated heterocycles. The van der Waals surface area contributed by atoms with Crippen molar-refractivity contribution in [2.24, 2.45) is 0 Å². The molecule has 8 nitrogen and oxygen atoms in total. The molecular weight excluding hydrogens is 372 g/mol. The second-order valence-electron chi connectivity index (χ2n) is 7.44. The zero-order valence-corrected chi connectivity index (χ0v) is 17.4. The fourth-order valence-corrected chi connectivity index (χ4v) is 3.65. The summed E-state index contributed by atoms with van der Waals surface area (Å²) in [4.78, 5) is 12.7. The van der Waals surface area contributed by atoms with Gasteiger partial charge in [-0.2, -0.15) is 0 Å². The molecule has 1 aliphatic heterocycles. The molecule has 0 amide bonds. The van der Waals surface area contributed by atoms with E-state index in [1.54, 1.807) is 32.7 Å². The summed E-state index contributed by atoms with van der Waals surface area (Å²) in [6.07, 6.45) is 4.13. The van der Waals surface area contributed by atoms with E-state index in [1.807, 2.05) is 30.1 Å². The Morgan fingerprint density at radius 1 is 1.17 bits per heavy atom. The maximum Gasteiger partial charge on any atom is 0.225 e. The first-order chi connectivity index (χ1) is 14.0. The summed E-state index contributed by atoms with van der Waals surface area (Å²) in [7, 11) is 5.28. The molecule has 8 heteroatoms. The average Bonchev–Trinajstić information content (AvgIpc) is 3.10. The fourth-order valence-electron chi connectivity index (χ4n) is 3.65. The van der Waals surface area contributed by atoms with Crippen LogP contribution in [0.5, 0.6) is 11.5 Å². The van der Waals surface area contributed by atoms with Gasteiger partial charge in [-0.05, 0) is 37.2 Å². The van der Waals surface area contributed by atoms with Crippen molar-refractivity contribution in [3.8, 4) is 11.5 Å². The number of anilines is 1. The summed E-state index contributed by atoms with van der Waals surface area (Å²) >= 11 is 0. The third-order valence-electron chi connectivity index (χ3n) is 4.96. The molecule has 158 valence electrons. The molecule has 0 spiro atoms. The number of aliphatic hydroxyl groups is 1. The van der Waals surface area contributed by atoms with Gasteiger partial charge in [-0.25, -0.2) is 9.97 Å². The van der Waals surface area contributed by atoms with E-state index < -0.39 is 5.60 Å². The minimum atomic E-state index is -0.793. The fraction of sp³-hybridized carbons (Fsp3) is 0.524. The zero-order chi connectivity index (χ0) is 20.7. The Bertz CT molecular complexity index is 777. The predicted molar refractivity (Wildman–Crippen MR) is 111 cm³/mol. The van der Waals surface area contributed by atoms with Gasteiger partial charge in [0.15, 0.2) is 11.5 Å². The summed E-state index contributed by atoms with van der Waals surface area (Å²) in [5.41, 5.74) is 0.295. The van der Waals surface area contributed by atoms with E-state index in [0.29, 0.717) is 56.7 Å². The quantitative estimate of drug-likeness (QED) is 0.600. The van der Waals surface area contributed by atoms with Gasteiger partial charge in [0.2, 0.25) is 5.95 Å². The number of benzene rings is 1. The average molecular weight is 402 g/mol. The molecule has 2 heterocycles. The van der Waals surface area contributed by atoms with Crippen LogP contribution in [0.4, 0.5) is 5.95 Å². The Kier molecular flexibility index (Phi) is 7.24. The van der Waals surface area contributed by atoms with Crippen molar-refractivity contribution >= 4 is 5.95 Å². The number of hydrogen-bond donors (Lipinski definition) is 1. The third kappa shape index (κ3) is 5.79. The van der Waals surface area contributed by atoms with Crippen LogP contribution < -0.4 is 14.4 Å². The lowest BCUT2D eigenvalue weighted by Gasteiger charge is -2.29. The van der Waals surface area contributed by atoms with Crippen molar-refractivity contribution in [2.45, 2.75) is 18.6 Å². The van der Waals surface area contributed by atoms with Crippen LogP contribution in [0.2, 0.25) is 0 Å². The Morgan fingerprint density at radius 2 is 1.97 bits per heavy atom. The van der Waals surface area contributed by atoms with Gasteiger partial charge >= 0.3 is 0 Å². The molecule has 1 unspecified atom stereocenters. The van der Waals surface area contributed by atoms with Gasteiger partial charge in [-0.1, -0.05) is 6.07 Å². The van der Waals surface area contributed by atoms with Crippen LogP contribution in [0.25, 0.3) is 0 Å². The number of hydrogen-bond acceptors (Lipinski definition) is 8. The number of aromatic nitrogens is 2. The van der Waals surface area contributed by atoms with Crippen molar-refractivity contribution in [2.75, 3.05) is 59.0 Å². The molecule has 1 aliphatic rings. The van der Waals surface area contributed by atoms with Crippen molar-refractivity contribution in [1.29, 1.82) is 0 Å². The SMILES string of the molecule is COCCOc1cc(CN(C)CC2(O)CCN(c3ncccn3)C2)ccc1OC. The van der Waals surface area contributed by atoms with Crippen LogP contribution in [-0.4, -0.2) is 79.7 Å². The second kappa shape index (κ2) is 9.87. The lowest BCUT2D eigenvalue weighted by atomic mass is 10.0. The molecule has 1 fully saturated rings. The van der Waals surface area contributed by atoms with Gasteiger partial charge in [0, 0.05) is 39.1 Å². The highest BCUT2D eigenvalue weighted by atomic mass is 16.5. The number of nitrogens with zero attached hydrogens (tertiary/aromatic N) is 4. The Labute approximate surface area is 172 Å². The Balaban J connectivity index is 1.58. The molecular formula is C21H30N4O4. The van der Waals surface area contributed by atoms with Gasteiger partial charge in [-0.3, -0.25) is 4.90 Å². The summed E-state index contributed by atoms with van der Waals surface area (Å²) < 4.78 is 16.2. The summed E-state index contributed by atoms with van der Waals surface area (Å²) in [5.74, 6) is 2.06. The van der Waals surface area contributed by atoms with Gasteiger partial charge in [-0.15, -0.1) is 0 Å². The minimum Gasteiger partial charge on any atom is -0.493 e. The molecule has 1 atom stereocenters. The highest BCUT2D eigenvalue weighted by Crippen LogP contribution is 2.29. The molecule has 1 N–H and O–H groups in total. The third-order valence-corrected chi connectivity index (χ3v) is 4.96. The Morgan fingerprint density at radius 3 is 2.69 bits per heavy atom. The topological polar surface area (TPSA) is 80.2 Å². The molecule has 1 aromatic carbocycles. The first-order valence-electron chi connectivity index (χ1n) is 9.74. The first-order valence-corrected chi connectivity index (χ1v) is 9.74. The molecule has 0 radical (unpaired) electrons. The number of ether oxygens (including phenoxy) is 3. The summed E-state index contributed by atoms with van der Waals surface area (Å²) in [6, 6.07) is 7.70. The molecule has 0 aliphatic carbocycles. The van der Waals surface area contributed by atoms with Gasteiger partial charge < -0.3 is 24.2 Å². The molecule has 3 rings (SSSR count). The van der Waals surface area contributed by atoms with E-state index >= 15 is 0 Å². The van der Waals surface area contributed by atoms with E-state index in [4.69, 9.17) is 14.2 Å². The van der Waals surface area contributed by atoms with Gasteiger partial charge in [0.1, 0.15) is 6.61 Å². The van der Waals surface area contributed by atoms with Gasteiger partial charge in [0.05, 0.1) is 25.9 Å². The molecule has 2 aromatic rings.